The molecule has 1 saturated heterocycles. The summed E-state index contributed by atoms with van der Waals surface area (Å²) in [5.74, 6) is -4.30. The Morgan fingerprint density at radius 3 is 1.68 bits per heavy atom. The number of carbonyl (C=O) groups excluding carboxylic acids is 7. The van der Waals surface area contributed by atoms with Crippen LogP contribution in [-0.4, -0.2) is 133 Å². The van der Waals surface area contributed by atoms with Gasteiger partial charge in [-0.1, -0.05) is 239 Å². The average Bonchev–Trinajstić information content (AvgIpc) is 0.920. The normalized spacial score (nSPS) is 16.6. The van der Waals surface area contributed by atoms with Gasteiger partial charge in [0.2, 0.25) is 17.7 Å². The Balaban J connectivity index is 0.960. The van der Waals surface area contributed by atoms with Crippen LogP contribution in [0.15, 0.2) is 176 Å². The molecule has 0 bridgehead atoms. The number of nitrogens with one attached hydrogen (secondary N) is 2. The summed E-state index contributed by atoms with van der Waals surface area (Å²) in [5.41, 5.74) is 5.67. The van der Waals surface area contributed by atoms with Crippen molar-refractivity contribution in [1.82, 2.24) is 20.0 Å². The smallest absolute Gasteiger partial charge is 0.410 e. The molecule has 0 unspecified atom stereocenters. The van der Waals surface area contributed by atoms with Crippen LogP contribution in [-0.2, 0) is 61.5 Å². The molecule has 6 aromatic carbocycles. The molecule has 16 heteroatoms. The van der Waals surface area contributed by atoms with E-state index in [1.165, 1.54) is 11.9 Å². The maximum atomic E-state index is 15.0. The molecule has 0 spiro atoms. The number of benzene rings is 6. The van der Waals surface area contributed by atoms with Crippen LogP contribution in [0.5, 0.6) is 0 Å². The predicted octanol–water partition coefficient (Wildman–Crippen LogP) is 14.9. The number of hydrogen-bond donors (Lipinski definition) is 3. The van der Waals surface area contributed by atoms with E-state index in [0.29, 0.717) is 56.4 Å². The number of anilines is 1. The molecule has 0 saturated carbocycles. The molecule has 6 aromatic rings. The van der Waals surface area contributed by atoms with Gasteiger partial charge in [-0.15, -0.1) is 0 Å². The van der Waals surface area contributed by atoms with E-state index in [2.05, 4.69) is 83.4 Å². The molecular weight excluding hydrogens is 1270 g/mol. The molecule has 4 amide bonds. The van der Waals surface area contributed by atoms with Crippen LogP contribution >= 0.6 is 0 Å². The van der Waals surface area contributed by atoms with Crippen molar-refractivity contribution < 1.29 is 52.9 Å². The van der Waals surface area contributed by atoms with Crippen molar-refractivity contribution in [3.8, 4) is 0 Å². The number of likely N-dealkylation sites (tertiary alicyclic amines) is 1. The quantitative estimate of drug-likeness (QED) is 0.0243. The number of aliphatic hydroxyl groups is 1. The Morgan fingerprint density at radius 1 is 0.604 bits per heavy atom. The highest BCUT2D eigenvalue weighted by Crippen LogP contribution is 2.38. The van der Waals surface area contributed by atoms with Crippen molar-refractivity contribution in [1.29, 1.82) is 0 Å². The maximum Gasteiger partial charge on any atom is 0.410 e. The summed E-state index contributed by atoms with van der Waals surface area (Å²) < 4.78 is 18.1. The monoisotopic (exact) mass is 1380 g/mol. The van der Waals surface area contributed by atoms with Crippen molar-refractivity contribution in [2.75, 3.05) is 46.7 Å². The molecule has 1 fully saturated rings. The maximum absolute atomic E-state index is 15.0. The molecule has 101 heavy (non-hydrogen) atoms. The number of Topliss-reactive ketones (excluding diaryl/α,β-unsaturated/α-hetero) is 3. The number of likely N-dealkylation sites (N-methyl/N-ethyl adjacent to an activating group) is 2. The second-order valence-corrected chi connectivity index (χ2v) is 28.9. The van der Waals surface area contributed by atoms with Gasteiger partial charge >= 0.3 is 6.09 Å². The van der Waals surface area contributed by atoms with Gasteiger partial charge in [0.15, 0.2) is 5.78 Å². The third-order valence-corrected chi connectivity index (χ3v) is 21.1. The highest BCUT2D eigenvalue weighted by atomic mass is 16.6. The SMILES string of the molecule is CC[C@H](C)[C@@H]([C@@H](CC(=O)N1CCC[C@H]1[C@H](OC)[C@@H](C)C(=O)C[C@H](C)[C@@H](O)c1ccccc1)OC)N(C)C(=O)[C@@H](CC(=O)[C@H](C(C)C)N(C)C(=O)OCc1ccc(NC(=O)[C@H](CCCCNC(c2ccccc2)(c2ccccc2)c2ccccc2)CC(=O)[C@@H](C)Cc2ccccc2)cc1)C(C)C. The van der Waals surface area contributed by atoms with E-state index in [0.717, 1.165) is 40.7 Å². The number of aliphatic hydroxyl groups excluding tert-OH is 1. The highest BCUT2D eigenvalue weighted by Gasteiger charge is 2.44. The van der Waals surface area contributed by atoms with Gasteiger partial charge in [-0.3, -0.25) is 34.1 Å². The van der Waals surface area contributed by atoms with Gasteiger partial charge in [-0.2, -0.15) is 0 Å². The second-order valence-electron chi connectivity index (χ2n) is 28.9. The first kappa shape index (κ1) is 80.2. The van der Waals surface area contributed by atoms with Crippen LogP contribution in [0.3, 0.4) is 0 Å². The largest absolute Gasteiger partial charge is 0.445 e. The molecular formula is C85H113N5O11. The Morgan fingerprint density at radius 2 is 1.16 bits per heavy atom. The van der Waals surface area contributed by atoms with E-state index >= 15 is 0 Å². The fourth-order valence-corrected chi connectivity index (χ4v) is 15.0. The summed E-state index contributed by atoms with van der Waals surface area (Å²) in [5, 5.41) is 18.1. The second kappa shape index (κ2) is 39.3. The molecule has 0 aliphatic carbocycles. The zero-order chi connectivity index (χ0) is 73.3. The minimum atomic E-state index is -0.926. The first-order chi connectivity index (χ1) is 48.4. The molecule has 1 aliphatic rings. The van der Waals surface area contributed by atoms with E-state index in [1.807, 2.05) is 141 Å². The number of rotatable bonds is 40. The number of nitrogens with zero attached hydrogens (tertiary/aromatic N) is 3. The van der Waals surface area contributed by atoms with Crippen LogP contribution in [0.25, 0.3) is 0 Å². The lowest BCUT2D eigenvalue weighted by molar-refractivity contribution is -0.149. The standard InChI is InChI=1S/C85H113N5O11/c1-14-59(6)79(76(99-12)55-77(94)90-50-32-44-72(90)81(100-13)62(9)74(92)52-61(8)80(95)65-35-22-16-23-36-65)88(10)83(97)71(57(2)3)54-75(93)78(58(4)5)89(11)84(98)101-56-64-45-47-70(48-46-64)87-82(96)66(53-73(91)60(7)51-63-33-20-15-21-34-63)37-30-31-49-86-85(67-38-24-17-25-39-67,68-40-26-18-27-41-68)69-42-28-19-29-43-69/h15-29,33-36,38-43,45-48,57-62,66,71-72,76,78-81,86,95H,14,30-32,37,44,49-56H2,1-13H3,(H,87,96)/t59-,60-,61-,62-,66+,71-,72-,76+,78-,79-,80+,81+/m0/s1. The molecule has 3 N–H and O–H groups in total. The van der Waals surface area contributed by atoms with E-state index in [1.54, 1.807) is 55.3 Å². The van der Waals surface area contributed by atoms with Crippen LogP contribution in [0.1, 0.15) is 166 Å². The van der Waals surface area contributed by atoms with Crippen molar-refractivity contribution in [2.24, 2.45) is 47.3 Å². The van der Waals surface area contributed by atoms with E-state index in [4.69, 9.17) is 14.2 Å². The summed E-state index contributed by atoms with van der Waals surface area (Å²) in [4.78, 5) is 105. The molecule has 12 atom stereocenters. The van der Waals surface area contributed by atoms with Crippen LogP contribution < -0.4 is 10.6 Å². The highest BCUT2D eigenvalue weighted by molar-refractivity contribution is 5.96. The number of unbranched alkanes of at least 4 members (excludes halogenated alkanes) is 1. The van der Waals surface area contributed by atoms with Crippen molar-refractivity contribution in [2.45, 2.75) is 182 Å². The summed E-state index contributed by atoms with van der Waals surface area (Å²) >= 11 is 0. The van der Waals surface area contributed by atoms with Gasteiger partial charge in [0.05, 0.1) is 48.4 Å². The summed E-state index contributed by atoms with van der Waals surface area (Å²) in [6.45, 7) is 18.2. The third-order valence-electron chi connectivity index (χ3n) is 21.1. The molecule has 7 rings (SSSR count). The minimum Gasteiger partial charge on any atom is -0.445 e. The number of amides is 4. The molecule has 544 valence electrons. The van der Waals surface area contributed by atoms with Gasteiger partial charge in [-0.25, -0.2) is 4.79 Å². The number of hydrogen-bond acceptors (Lipinski definition) is 12. The van der Waals surface area contributed by atoms with Gasteiger partial charge in [0.1, 0.15) is 18.2 Å². The van der Waals surface area contributed by atoms with Gasteiger partial charge in [-0.05, 0) is 108 Å². The van der Waals surface area contributed by atoms with E-state index < -0.39 is 59.8 Å². The fourth-order valence-electron chi connectivity index (χ4n) is 15.0. The minimum absolute atomic E-state index is 0.0254. The lowest BCUT2D eigenvalue weighted by Crippen LogP contribution is -2.54. The topological polar surface area (TPSA) is 201 Å². The lowest BCUT2D eigenvalue weighted by atomic mass is 9.77. The zero-order valence-corrected chi connectivity index (χ0v) is 62.1. The number of methoxy groups -OCH3 is 2. The summed E-state index contributed by atoms with van der Waals surface area (Å²) in [7, 11) is 6.36. The predicted molar refractivity (Wildman–Crippen MR) is 399 cm³/mol. The van der Waals surface area contributed by atoms with Gasteiger partial charge in [0.25, 0.3) is 0 Å². The molecule has 0 radical (unpaired) electrons. The van der Waals surface area contributed by atoms with Gasteiger partial charge in [0, 0.05) is 83.5 Å². The fraction of sp³-hybridized carbons (Fsp3) is 0.494. The molecule has 1 aliphatic heterocycles. The molecule has 1 heterocycles. The van der Waals surface area contributed by atoms with Gasteiger partial charge < -0.3 is 39.3 Å². The average molecular weight is 1380 g/mol. The number of carbonyl (C=O) groups is 7. The van der Waals surface area contributed by atoms with Crippen molar-refractivity contribution in [3.63, 3.8) is 0 Å². The van der Waals surface area contributed by atoms with E-state index in [9.17, 15) is 38.7 Å². The third kappa shape index (κ3) is 21.5. The van der Waals surface area contributed by atoms with Crippen LogP contribution in [0.2, 0.25) is 0 Å². The Kier molecular flexibility index (Phi) is 31.2. The first-order valence-corrected chi connectivity index (χ1v) is 36.6. The number of ether oxygens (including phenoxy) is 3. The summed E-state index contributed by atoms with van der Waals surface area (Å²) in [6, 6.07) is 55.7. The van der Waals surface area contributed by atoms with E-state index in [-0.39, 0.29) is 103 Å². The van der Waals surface area contributed by atoms with Crippen LogP contribution in [0, 0.1) is 47.3 Å². The molecule has 0 aromatic heterocycles. The number of ketones is 3. The Bertz CT molecular complexity index is 3440. The van der Waals surface area contributed by atoms with Crippen LogP contribution in [0.4, 0.5) is 10.5 Å². The molecule has 16 nitrogen and oxygen atoms in total. The Hall–Kier alpha value is -8.15. The van der Waals surface area contributed by atoms with Crippen molar-refractivity contribution in [3.05, 3.63) is 209 Å². The lowest BCUT2D eigenvalue weighted by Gasteiger charge is -2.41. The summed E-state index contributed by atoms with van der Waals surface area (Å²) in [6.07, 6.45) is 1.76. The zero-order valence-electron chi connectivity index (χ0n) is 62.1. The Labute approximate surface area is 601 Å². The van der Waals surface area contributed by atoms with Crippen molar-refractivity contribution >= 4 is 46.9 Å². The first-order valence-electron chi connectivity index (χ1n) is 36.6.